The van der Waals surface area contributed by atoms with Crippen LogP contribution in [0.3, 0.4) is 0 Å². The number of hydrogen-bond acceptors (Lipinski definition) is 4. The van der Waals surface area contributed by atoms with Crippen LogP contribution in [0.1, 0.15) is 36.3 Å². The highest BCUT2D eigenvalue weighted by molar-refractivity contribution is 5.99. The van der Waals surface area contributed by atoms with Crippen LogP contribution in [0, 0.1) is 17.0 Å². The van der Waals surface area contributed by atoms with Crippen LogP contribution < -0.4 is 5.56 Å². The van der Waals surface area contributed by atoms with Crippen molar-refractivity contribution in [3.63, 3.8) is 0 Å². The number of carbonyl (C=O) groups excluding carboxylic acids is 1. The number of benzene rings is 2. The number of hydrogen-bond donors (Lipinski definition) is 0. The molecule has 0 fully saturated rings. The minimum absolute atomic E-state index is 0.0558. The van der Waals surface area contributed by atoms with E-state index in [2.05, 4.69) is 10.1 Å². The zero-order valence-electron chi connectivity index (χ0n) is 18.0. The smallest absolute Gasteiger partial charge is 0.266 e. The molecular formula is C25H20F2N4O2. The lowest BCUT2D eigenvalue weighted by molar-refractivity contribution is 0.0909. The molecule has 1 aliphatic rings. The lowest BCUT2D eigenvalue weighted by Crippen LogP contribution is -2.35. The van der Waals surface area contributed by atoms with Crippen LogP contribution in [-0.2, 0) is 6.42 Å². The predicted molar refractivity (Wildman–Crippen MR) is 119 cm³/mol. The van der Waals surface area contributed by atoms with Crippen molar-refractivity contribution in [2.75, 3.05) is 0 Å². The maximum atomic E-state index is 14.5. The molecule has 0 radical (unpaired) electrons. The highest BCUT2D eigenvalue weighted by atomic mass is 19.1. The topological polar surface area (TPSA) is 69.8 Å². The van der Waals surface area contributed by atoms with Gasteiger partial charge < -0.3 is 0 Å². The number of pyridine rings is 1. The molecule has 8 heteroatoms. The Morgan fingerprint density at radius 2 is 1.70 bits per heavy atom. The molecule has 1 aliphatic carbocycles. The lowest BCUT2D eigenvalue weighted by atomic mass is 9.75. The average molecular weight is 446 g/mol. The SMILES string of the molecule is CC1(C)CC(=O)c2cc(-c3ncnn3-c3ccc(F)cc3F)c(=O)n(-c3ccccc3)c2C1. The van der Waals surface area contributed by atoms with E-state index in [9.17, 15) is 18.4 Å². The summed E-state index contributed by atoms with van der Waals surface area (Å²) >= 11 is 0. The molecule has 2 aromatic carbocycles. The molecule has 166 valence electrons. The number of halogens is 2. The zero-order chi connectivity index (χ0) is 23.3. The summed E-state index contributed by atoms with van der Waals surface area (Å²) in [5, 5.41) is 4.06. The van der Waals surface area contributed by atoms with Gasteiger partial charge in [0.15, 0.2) is 17.4 Å². The van der Waals surface area contributed by atoms with E-state index in [1.54, 1.807) is 12.1 Å². The number of Topliss-reactive ketones (excluding diaryl/α,β-unsaturated/α-hetero) is 1. The van der Waals surface area contributed by atoms with Crippen LogP contribution in [0.15, 0.2) is 65.7 Å². The zero-order valence-corrected chi connectivity index (χ0v) is 18.0. The summed E-state index contributed by atoms with van der Waals surface area (Å²) in [6, 6.07) is 13.6. The first-order valence-electron chi connectivity index (χ1n) is 10.5. The Labute approximate surface area is 188 Å². The van der Waals surface area contributed by atoms with E-state index in [-0.39, 0.29) is 28.3 Å². The van der Waals surface area contributed by atoms with Crippen LogP contribution in [0.2, 0.25) is 0 Å². The Morgan fingerprint density at radius 1 is 0.939 bits per heavy atom. The number of carbonyl (C=O) groups is 1. The van der Waals surface area contributed by atoms with E-state index in [0.29, 0.717) is 29.8 Å². The number of rotatable bonds is 3. The second kappa shape index (κ2) is 7.58. The van der Waals surface area contributed by atoms with Crippen molar-refractivity contribution in [3.05, 3.63) is 94.2 Å². The number of nitrogens with zero attached hydrogens (tertiary/aromatic N) is 4. The van der Waals surface area contributed by atoms with E-state index in [1.807, 2.05) is 32.0 Å². The van der Waals surface area contributed by atoms with Gasteiger partial charge >= 0.3 is 0 Å². The molecule has 0 N–H and O–H groups in total. The Balaban J connectivity index is 1.80. The molecule has 4 aromatic rings. The minimum atomic E-state index is -0.846. The van der Waals surface area contributed by atoms with Crippen molar-refractivity contribution in [1.29, 1.82) is 0 Å². The monoisotopic (exact) mass is 446 g/mol. The van der Waals surface area contributed by atoms with Crippen molar-refractivity contribution >= 4 is 5.78 Å². The van der Waals surface area contributed by atoms with Gasteiger partial charge in [-0.3, -0.25) is 14.2 Å². The predicted octanol–water partition coefficient (Wildman–Crippen LogP) is 4.52. The summed E-state index contributed by atoms with van der Waals surface area (Å²) in [5.74, 6) is -1.59. The van der Waals surface area contributed by atoms with Crippen LogP contribution in [-0.4, -0.2) is 25.1 Å². The molecule has 2 aromatic heterocycles. The second-order valence-electron chi connectivity index (χ2n) is 8.93. The molecule has 0 atom stereocenters. The molecule has 0 spiro atoms. The van der Waals surface area contributed by atoms with Crippen LogP contribution >= 0.6 is 0 Å². The van der Waals surface area contributed by atoms with Crippen molar-refractivity contribution in [2.24, 2.45) is 5.41 Å². The summed E-state index contributed by atoms with van der Waals surface area (Å²) < 4.78 is 30.6. The molecular weight excluding hydrogens is 426 g/mol. The van der Waals surface area contributed by atoms with Gasteiger partial charge in [0.1, 0.15) is 17.8 Å². The third kappa shape index (κ3) is 3.57. The van der Waals surface area contributed by atoms with E-state index < -0.39 is 17.2 Å². The summed E-state index contributed by atoms with van der Waals surface area (Å²) in [4.78, 5) is 31.1. The van der Waals surface area contributed by atoms with Gasteiger partial charge in [-0.2, -0.15) is 5.10 Å². The van der Waals surface area contributed by atoms with Gasteiger partial charge in [0.2, 0.25) is 0 Å². The Morgan fingerprint density at radius 3 is 2.42 bits per heavy atom. The van der Waals surface area contributed by atoms with Crippen LogP contribution in [0.5, 0.6) is 0 Å². The van der Waals surface area contributed by atoms with Gasteiger partial charge in [-0.15, -0.1) is 0 Å². The molecule has 0 saturated heterocycles. The largest absolute Gasteiger partial charge is 0.294 e. The Kier molecular flexibility index (Phi) is 4.81. The van der Waals surface area contributed by atoms with Crippen molar-refractivity contribution < 1.29 is 13.6 Å². The molecule has 0 aliphatic heterocycles. The summed E-state index contributed by atoms with van der Waals surface area (Å²) in [6.07, 6.45) is 2.07. The second-order valence-corrected chi connectivity index (χ2v) is 8.93. The highest BCUT2D eigenvalue weighted by Gasteiger charge is 2.35. The van der Waals surface area contributed by atoms with Gasteiger partial charge in [0, 0.05) is 29.4 Å². The van der Waals surface area contributed by atoms with Gasteiger partial charge in [0.05, 0.1) is 5.56 Å². The van der Waals surface area contributed by atoms with Crippen LogP contribution in [0.25, 0.3) is 22.8 Å². The standard InChI is InChI=1S/C25H20F2N4O2/c1-25(2)12-21-17(22(32)13-25)11-18(24(33)30(21)16-6-4-3-5-7-16)23-28-14-29-31(23)20-9-8-15(26)10-19(20)27/h3-11,14H,12-13H2,1-2H3. The van der Waals surface area contributed by atoms with Crippen molar-refractivity contribution in [1.82, 2.24) is 19.3 Å². The first-order valence-corrected chi connectivity index (χ1v) is 10.5. The first-order chi connectivity index (χ1) is 15.7. The van der Waals surface area contributed by atoms with Crippen LogP contribution in [0.4, 0.5) is 8.78 Å². The molecule has 33 heavy (non-hydrogen) atoms. The minimum Gasteiger partial charge on any atom is -0.294 e. The lowest BCUT2D eigenvalue weighted by Gasteiger charge is -2.32. The Hall–Kier alpha value is -3.94. The summed E-state index contributed by atoms with van der Waals surface area (Å²) in [6.45, 7) is 3.99. The number of aromatic nitrogens is 4. The number of ketones is 1. The highest BCUT2D eigenvalue weighted by Crippen LogP contribution is 2.36. The van der Waals surface area contributed by atoms with Gasteiger partial charge in [-0.25, -0.2) is 18.4 Å². The maximum absolute atomic E-state index is 14.5. The van der Waals surface area contributed by atoms with Gasteiger partial charge in [-0.1, -0.05) is 32.0 Å². The maximum Gasteiger partial charge on any atom is 0.266 e. The Bertz CT molecular complexity index is 1460. The van der Waals surface area contributed by atoms with Gasteiger partial charge in [-0.05, 0) is 42.2 Å². The summed E-state index contributed by atoms with van der Waals surface area (Å²) in [5.41, 5.74) is 1.03. The molecule has 5 rings (SSSR count). The van der Waals surface area contributed by atoms with E-state index >= 15 is 0 Å². The fourth-order valence-corrected chi connectivity index (χ4v) is 4.38. The third-order valence-corrected chi connectivity index (χ3v) is 5.83. The normalized spacial score (nSPS) is 14.8. The number of para-hydroxylation sites is 1. The summed E-state index contributed by atoms with van der Waals surface area (Å²) in [7, 11) is 0. The number of fused-ring (bicyclic) bond motifs is 1. The molecule has 0 saturated carbocycles. The van der Waals surface area contributed by atoms with E-state index in [4.69, 9.17) is 0 Å². The quantitative estimate of drug-likeness (QED) is 0.464. The molecule has 6 nitrogen and oxygen atoms in total. The van der Waals surface area contributed by atoms with E-state index in [1.165, 1.54) is 23.0 Å². The average Bonchev–Trinajstić information content (AvgIpc) is 3.22. The van der Waals surface area contributed by atoms with Gasteiger partial charge in [0.25, 0.3) is 5.56 Å². The molecule has 2 heterocycles. The molecule has 0 unspecified atom stereocenters. The van der Waals surface area contributed by atoms with Crippen molar-refractivity contribution in [3.8, 4) is 22.8 Å². The fourth-order valence-electron chi connectivity index (χ4n) is 4.38. The van der Waals surface area contributed by atoms with Crippen molar-refractivity contribution in [2.45, 2.75) is 26.7 Å². The molecule has 0 amide bonds. The first kappa shape index (κ1) is 20.9. The third-order valence-electron chi connectivity index (χ3n) is 5.83. The molecule has 0 bridgehead atoms. The van der Waals surface area contributed by atoms with E-state index in [0.717, 1.165) is 16.8 Å². The fraction of sp³-hybridized carbons (Fsp3) is 0.200.